The Bertz CT molecular complexity index is 1020. The van der Waals surface area contributed by atoms with Crippen LogP contribution >= 0.6 is 0 Å². The molecule has 0 atom stereocenters. The van der Waals surface area contributed by atoms with E-state index >= 15 is 0 Å². The highest BCUT2D eigenvalue weighted by Crippen LogP contribution is 2.30. The van der Waals surface area contributed by atoms with Crippen LogP contribution in [0.25, 0.3) is 0 Å². The van der Waals surface area contributed by atoms with Crippen molar-refractivity contribution in [2.45, 2.75) is 24.7 Å². The second-order valence-electron chi connectivity index (χ2n) is 6.39. The van der Waals surface area contributed by atoms with E-state index in [1.807, 2.05) is 19.1 Å². The quantitative estimate of drug-likeness (QED) is 0.400. The average Bonchev–Trinajstić information content (AvgIpc) is 3.25. The molecular weight excluding hydrogens is 396 g/mol. The summed E-state index contributed by atoms with van der Waals surface area (Å²) in [6, 6.07) is 11.0. The fraction of sp³-hybridized carbons (Fsp3) is 0.316. The molecule has 2 aromatic rings. The van der Waals surface area contributed by atoms with Gasteiger partial charge >= 0.3 is 0 Å². The lowest BCUT2D eigenvalue weighted by Gasteiger charge is -2.15. The lowest BCUT2D eigenvalue weighted by Crippen LogP contribution is -2.27. The number of hydrogen-bond donors (Lipinski definition) is 1. The fourth-order valence-electron chi connectivity index (χ4n) is 3.04. The molecule has 10 heteroatoms. The molecule has 0 unspecified atom stereocenters. The largest absolute Gasteiger partial charge is 0.493 e. The molecule has 154 valence electrons. The molecule has 1 heterocycles. The van der Waals surface area contributed by atoms with Crippen LogP contribution in [-0.4, -0.2) is 43.6 Å². The SMILES string of the molecule is CCOc1ccccc1/C=N/Nc1ccc(S(=O)(=O)N2CCCC2)cc1[N+](=O)[O-]. The number of rotatable bonds is 8. The van der Waals surface area contributed by atoms with Gasteiger partial charge in [-0.3, -0.25) is 15.5 Å². The highest BCUT2D eigenvalue weighted by Gasteiger charge is 2.29. The Morgan fingerprint density at radius 1 is 1.24 bits per heavy atom. The zero-order chi connectivity index (χ0) is 20.9. The van der Waals surface area contributed by atoms with E-state index in [1.165, 1.54) is 22.7 Å². The molecule has 0 bridgehead atoms. The van der Waals surface area contributed by atoms with Crippen LogP contribution < -0.4 is 10.2 Å². The van der Waals surface area contributed by atoms with E-state index in [-0.39, 0.29) is 16.3 Å². The molecule has 2 aromatic carbocycles. The maximum absolute atomic E-state index is 12.7. The van der Waals surface area contributed by atoms with Crippen molar-refractivity contribution in [2.75, 3.05) is 25.1 Å². The molecule has 1 saturated heterocycles. The number of nitro benzene ring substituents is 1. The maximum Gasteiger partial charge on any atom is 0.295 e. The molecular formula is C19H22N4O5S. The standard InChI is InChI=1S/C19H22N4O5S/c1-2-28-19-8-4-3-7-15(19)14-20-21-17-10-9-16(13-18(17)23(24)25)29(26,27)22-11-5-6-12-22/h3-4,7-10,13-14,21H,2,5-6,11-12H2,1H3/b20-14+. The van der Waals surface area contributed by atoms with E-state index in [0.717, 1.165) is 18.9 Å². The topological polar surface area (TPSA) is 114 Å². The number of nitrogens with one attached hydrogen (secondary N) is 1. The third-order valence-electron chi connectivity index (χ3n) is 4.48. The Kier molecular flexibility index (Phi) is 6.45. The third kappa shape index (κ3) is 4.72. The molecule has 0 saturated carbocycles. The van der Waals surface area contributed by atoms with Crippen molar-refractivity contribution >= 4 is 27.6 Å². The number of anilines is 1. The molecule has 0 spiro atoms. The van der Waals surface area contributed by atoms with Gasteiger partial charge in [0.1, 0.15) is 11.4 Å². The number of benzene rings is 2. The summed E-state index contributed by atoms with van der Waals surface area (Å²) in [7, 11) is -3.74. The first-order chi connectivity index (χ1) is 13.9. The monoisotopic (exact) mass is 418 g/mol. The van der Waals surface area contributed by atoms with Crippen molar-refractivity contribution in [3.63, 3.8) is 0 Å². The van der Waals surface area contributed by atoms with Gasteiger partial charge in [0.25, 0.3) is 5.69 Å². The Labute approximate surface area is 169 Å². The normalized spacial score (nSPS) is 14.9. The van der Waals surface area contributed by atoms with E-state index in [9.17, 15) is 18.5 Å². The first kappa shape index (κ1) is 20.7. The summed E-state index contributed by atoms with van der Waals surface area (Å²) in [6.45, 7) is 3.23. The molecule has 1 N–H and O–H groups in total. The molecule has 1 aliphatic heterocycles. The smallest absolute Gasteiger partial charge is 0.295 e. The summed E-state index contributed by atoms with van der Waals surface area (Å²) < 4.78 is 32.2. The highest BCUT2D eigenvalue weighted by atomic mass is 32.2. The van der Waals surface area contributed by atoms with Gasteiger partial charge in [-0.15, -0.1) is 0 Å². The molecule has 0 radical (unpaired) electrons. The van der Waals surface area contributed by atoms with Gasteiger partial charge in [0.15, 0.2) is 0 Å². The number of ether oxygens (including phenoxy) is 1. The number of nitro groups is 1. The van der Waals surface area contributed by atoms with Gasteiger partial charge in [0.05, 0.1) is 22.6 Å². The molecule has 3 rings (SSSR count). The van der Waals surface area contributed by atoms with Crippen LogP contribution in [0.1, 0.15) is 25.3 Å². The zero-order valence-corrected chi connectivity index (χ0v) is 16.8. The summed E-state index contributed by atoms with van der Waals surface area (Å²) in [5, 5.41) is 15.5. The van der Waals surface area contributed by atoms with Gasteiger partial charge in [-0.05, 0) is 44.0 Å². The fourth-order valence-corrected chi connectivity index (χ4v) is 4.58. The number of nitrogens with zero attached hydrogens (tertiary/aromatic N) is 3. The van der Waals surface area contributed by atoms with E-state index < -0.39 is 14.9 Å². The van der Waals surface area contributed by atoms with Crippen molar-refractivity contribution in [1.82, 2.24) is 4.31 Å². The van der Waals surface area contributed by atoms with Crippen LogP contribution in [0.2, 0.25) is 0 Å². The molecule has 1 aliphatic rings. The number of hydrazone groups is 1. The second-order valence-corrected chi connectivity index (χ2v) is 8.33. The van der Waals surface area contributed by atoms with Crippen molar-refractivity contribution in [2.24, 2.45) is 5.10 Å². The number of sulfonamides is 1. The predicted molar refractivity (Wildman–Crippen MR) is 110 cm³/mol. The predicted octanol–water partition coefficient (Wildman–Crippen LogP) is 3.22. The summed E-state index contributed by atoms with van der Waals surface area (Å²) in [4.78, 5) is 10.8. The molecule has 29 heavy (non-hydrogen) atoms. The van der Waals surface area contributed by atoms with Crippen LogP contribution in [0.5, 0.6) is 5.75 Å². The van der Waals surface area contributed by atoms with Crippen LogP contribution in [0.3, 0.4) is 0 Å². The van der Waals surface area contributed by atoms with Gasteiger partial charge < -0.3 is 4.74 Å². The summed E-state index contributed by atoms with van der Waals surface area (Å²) in [6.07, 6.45) is 3.07. The molecule has 9 nitrogen and oxygen atoms in total. The lowest BCUT2D eigenvalue weighted by molar-refractivity contribution is -0.384. The molecule has 0 aromatic heterocycles. The minimum absolute atomic E-state index is 0.0951. The first-order valence-electron chi connectivity index (χ1n) is 9.23. The Morgan fingerprint density at radius 3 is 2.66 bits per heavy atom. The number of para-hydroxylation sites is 1. The van der Waals surface area contributed by atoms with Crippen molar-refractivity contribution < 1.29 is 18.1 Å². The average molecular weight is 418 g/mol. The summed E-state index contributed by atoms with van der Waals surface area (Å²) >= 11 is 0. The second kappa shape index (κ2) is 9.01. The highest BCUT2D eigenvalue weighted by molar-refractivity contribution is 7.89. The minimum Gasteiger partial charge on any atom is -0.493 e. The molecule has 1 fully saturated rings. The number of hydrogen-bond acceptors (Lipinski definition) is 7. The van der Waals surface area contributed by atoms with Crippen molar-refractivity contribution in [1.29, 1.82) is 0 Å². The van der Waals surface area contributed by atoms with E-state index in [1.54, 1.807) is 12.1 Å². The zero-order valence-electron chi connectivity index (χ0n) is 15.9. The van der Waals surface area contributed by atoms with Crippen LogP contribution in [0, 0.1) is 10.1 Å². The van der Waals surface area contributed by atoms with Gasteiger partial charge in [0, 0.05) is 24.7 Å². The molecule has 0 amide bonds. The van der Waals surface area contributed by atoms with Crippen LogP contribution in [0.4, 0.5) is 11.4 Å². The Hall–Kier alpha value is -2.98. The lowest BCUT2D eigenvalue weighted by atomic mass is 10.2. The summed E-state index contributed by atoms with van der Waals surface area (Å²) in [5.41, 5.74) is 3.07. The summed E-state index contributed by atoms with van der Waals surface area (Å²) in [5.74, 6) is 0.641. The van der Waals surface area contributed by atoms with Crippen LogP contribution in [-0.2, 0) is 10.0 Å². The third-order valence-corrected chi connectivity index (χ3v) is 6.37. The Balaban J connectivity index is 1.84. The van der Waals surface area contributed by atoms with Gasteiger partial charge in [-0.2, -0.15) is 9.41 Å². The van der Waals surface area contributed by atoms with Crippen molar-refractivity contribution in [3.8, 4) is 5.75 Å². The van der Waals surface area contributed by atoms with E-state index in [4.69, 9.17) is 4.74 Å². The van der Waals surface area contributed by atoms with Crippen molar-refractivity contribution in [3.05, 3.63) is 58.1 Å². The van der Waals surface area contributed by atoms with Crippen LogP contribution in [0.15, 0.2) is 52.5 Å². The molecule has 0 aliphatic carbocycles. The first-order valence-corrected chi connectivity index (χ1v) is 10.7. The van der Waals surface area contributed by atoms with E-state index in [0.29, 0.717) is 31.0 Å². The van der Waals surface area contributed by atoms with E-state index in [2.05, 4.69) is 10.5 Å². The van der Waals surface area contributed by atoms with Gasteiger partial charge in [0.2, 0.25) is 10.0 Å². The maximum atomic E-state index is 12.7. The van der Waals surface area contributed by atoms with Gasteiger partial charge in [-0.1, -0.05) is 12.1 Å². The van der Waals surface area contributed by atoms with Gasteiger partial charge in [-0.25, -0.2) is 8.42 Å². The minimum atomic E-state index is -3.74. The Morgan fingerprint density at radius 2 is 1.97 bits per heavy atom.